The maximum absolute atomic E-state index is 12.6. The molecule has 0 aliphatic carbocycles. The van der Waals surface area contributed by atoms with Gasteiger partial charge in [-0.05, 0) is 5.56 Å². The van der Waals surface area contributed by atoms with E-state index in [9.17, 15) is 50.1 Å². The monoisotopic (exact) mass is 496 g/mol. The fraction of sp³-hybridized carbons (Fsp3) is 0.250. The smallest absolute Gasteiger partial charge is 0.476 e. The molecule has 1 aromatic carbocycles. The molecule has 0 spiro atoms. The van der Waals surface area contributed by atoms with Crippen molar-refractivity contribution in [2.75, 3.05) is 0 Å². The first-order valence-corrected chi connectivity index (χ1v) is 11.0. The van der Waals surface area contributed by atoms with E-state index in [1.165, 1.54) is 0 Å². The molecule has 2 aliphatic heterocycles. The van der Waals surface area contributed by atoms with Crippen LogP contribution in [0.4, 0.5) is 13.2 Å². The number of aliphatic carboxylic acids is 1. The molecule has 172 valence electrons. The van der Waals surface area contributed by atoms with Crippen LogP contribution in [0.3, 0.4) is 0 Å². The number of rotatable bonds is 6. The lowest BCUT2D eigenvalue weighted by atomic mass is 10.0. The van der Waals surface area contributed by atoms with Crippen LogP contribution in [0.25, 0.3) is 0 Å². The van der Waals surface area contributed by atoms with Gasteiger partial charge in [-0.1, -0.05) is 30.3 Å². The van der Waals surface area contributed by atoms with Crippen molar-refractivity contribution in [2.24, 2.45) is 0 Å². The second-order valence-corrected chi connectivity index (χ2v) is 9.34. The normalized spacial score (nSPS) is 23.3. The van der Waals surface area contributed by atoms with E-state index in [4.69, 9.17) is 0 Å². The number of nitrogens with zero attached hydrogens (tertiary/aromatic N) is 1. The van der Waals surface area contributed by atoms with E-state index in [1.807, 2.05) is 0 Å². The van der Waals surface area contributed by atoms with E-state index in [0.717, 1.165) is 0 Å². The third kappa shape index (κ3) is 3.97. The molecule has 11 nitrogen and oxygen atoms in total. The number of hydrogen-bond donors (Lipinski definition) is 2. The lowest BCUT2D eigenvalue weighted by Gasteiger charge is -2.47. The van der Waals surface area contributed by atoms with Crippen molar-refractivity contribution in [2.45, 2.75) is 23.3 Å². The number of nitrogens with one attached hydrogen (secondary N) is 1. The SMILES string of the molecule is O=C(Cc1ccccc1)N[C@@H]1C(=O)N2C(C(=O)O)=C(OS(=O)(=O)C(F)(F)F)C(=O)S(=O)[C@H]12. The Morgan fingerprint density at radius 1 is 1.19 bits per heavy atom. The second-order valence-electron chi connectivity index (χ2n) is 6.36. The predicted octanol–water partition coefficient (Wildman–Crippen LogP) is -0.666. The molecule has 0 aromatic heterocycles. The molecule has 2 amide bonds. The number of hydrogen-bond acceptors (Lipinski definition) is 8. The number of carbonyl (C=O) groups excluding carboxylic acids is 3. The summed E-state index contributed by atoms with van der Waals surface area (Å²) in [6.07, 6.45) is -0.224. The van der Waals surface area contributed by atoms with Crippen molar-refractivity contribution in [1.29, 1.82) is 0 Å². The Labute approximate surface area is 179 Å². The molecule has 2 N–H and O–H groups in total. The van der Waals surface area contributed by atoms with Gasteiger partial charge in [-0.3, -0.25) is 19.3 Å². The second kappa shape index (κ2) is 8.01. The summed E-state index contributed by atoms with van der Waals surface area (Å²) in [6.45, 7) is 0. The number of β-lactam (4-membered cyclic amide) rings is 1. The van der Waals surface area contributed by atoms with Gasteiger partial charge in [-0.15, -0.1) is 0 Å². The standard InChI is InChI=1S/C16H11F3N2O9S2/c17-16(18,19)32(28,29)30-11-10(14(24)25)21-12(23)9(13(21)31(27)15(11)26)20-8(22)6-7-4-2-1-3-5-7/h1-5,9,13H,6H2,(H,20,22)(H,24,25)/t9-,13-,31?/m1/s1. The van der Waals surface area contributed by atoms with Crippen molar-refractivity contribution in [3.05, 3.63) is 47.4 Å². The van der Waals surface area contributed by atoms with Crippen LogP contribution in [0, 0.1) is 0 Å². The number of halogens is 3. The van der Waals surface area contributed by atoms with Gasteiger partial charge in [0.15, 0.2) is 5.70 Å². The Bertz CT molecular complexity index is 1180. The van der Waals surface area contributed by atoms with Crippen LogP contribution in [0.5, 0.6) is 0 Å². The summed E-state index contributed by atoms with van der Waals surface area (Å²) in [4.78, 5) is 48.5. The Balaban J connectivity index is 1.90. The highest BCUT2D eigenvalue weighted by atomic mass is 32.2. The minimum Gasteiger partial charge on any atom is -0.476 e. The number of carbonyl (C=O) groups is 4. The molecular weight excluding hydrogens is 485 g/mol. The quantitative estimate of drug-likeness (QED) is 0.295. The maximum atomic E-state index is 12.6. The molecular formula is C16H11F3N2O9S2. The number of carboxylic acids is 1. The summed E-state index contributed by atoms with van der Waals surface area (Å²) in [5.41, 5.74) is -7.03. The van der Waals surface area contributed by atoms with Crippen LogP contribution < -0.4 is 5.32 Å². The Kier molecular flexibility index (Phi) is 5.86. The molecule has 1 aromatic rings. The number of fused-ring (bicyclic) bond motifs is 1. The van der Waals surface area contributed by atoms with Gasteiger partial charge >= 0.3 is 21.6 Å². The van der Waals surface area contributed by atoms with Crippen LogP contribution in [0.15, 0.2) is 41.8 Å². The van der Waals surface area contributed by atoms with Gasteiger partial charge in [0.2, 0.25) is 11.7 Å². The number of benzene rings is 1. The molecule has 1 fully saturated rings. The first kappa shape index (κ1) is 23.4. The van der Waals surface area contributed by atoms with Gasteiger partial charge in [0, 0.05) is 0 Å². The lowest BCUT2D eigenvalue weighted by Crippen LogP contribution is -2.74. The first-order chi connectivity index (χ1) is 14.8. The minimum atomic E-state index is -6.51. The minimum absolute atomic E-state index is 0.147. The molecule has 3 atom stereocenters. The van der Waals surface area contributed by atoms with Gasteiger partial charge in [0.1, 0.15) is 22.2 Å². The number of alkyl halides is 3. The molecule has 0 radical (unpaired) electrons. The summed E-state index contributed by atoms with van der Waals surface area (Å²) in [5, 5.41) is 7.78. The third-order valence-corrected chi connectivity index (χ3v) is 6.72. The molecule has 1 unspecified atom stereocenters. The molecule has 3 rings (SSSR count). The highest BCUT2D eigenvalue weighted by Crippen LogP contribution is 2.38. The van der Waals surface area contributed by atoms with Crippen LogP contribution in [0.1, 0.15) is 5.56 Å². The van der Waals surface area contributed by atoms with Crippen molar-refractivity contribution < 1.29 is 54.3 Å². The number of amides is 2. The molecule has 0 saturated carbocycles. The average molecular weight is 496 g/mol. The number of carboxylic acid groups (broad SMARTS) is 1. The fourth-order valence-corrected chi connectivity index (χ4v) is 4.79. The van der Waals surface area contributed by atoms with Gasteiger partial charge in [-0.25, -0.2) is 9.00 Å². The summed E-state index contributed by atoms with van der Waals surface area (Å²) in [7, 11) is -9.45. The zero-order valence-corrected chi connectivity index (χ0v) is 17.0. The Hall–Kier alpha value is -3.27. The zero-order valence-electron chi connectivity index (χ0n) is 15.4. The Morgan fingerprint density at radius 3 is 2.31 bits per heavy atom. The van der Waals surface area contributed by atoms with Crippen molar-refractivity contribution in [1.82, 2.24) is 10.2 Å². The van der Waals surface area contributed by atoms with Crippen molar-refractivity contribution in [3.8, 4) is 0 Å². The molecule has 2 aliphatic rings. The van der Waals surface area contributed by atoms with Crippen LogP contribution in [0.2, 0.25) is 0 Å². The van der Waals surface area contributed by atoms with Crippen LogP contribution >= 0.6 is 0 Å². The molecule has 32 heavy (non-hydrogen) atoms. The van der Waals surface area contributed by atoms with Gasteiger partial charge < -0.3 is 14.6 Å². The van der Waals surface area contributed by atoms with Crippen molar-refractivity contribution in [3.63, 3.8) is 0 Å². The van der Waals surface area contributed by atoms with E-state index >= 15 is 0 Å². The Morgan fingerprint density at radius 2 is 1.78 bits per heavy atom. The third-order valence-electron chi connectivity index (χ3n) is 4.29. The molecule has 1 saturated heterocycles. The van der Waals surface area contributed by atoms with Crippen LogP contribution in [-0.2, 0) is 50.7 Å². The lowest BCUT2D eigenvalue weighted by molar-refractivity contribution is -0.151. The van der Waals surface area contributed by atoms with Gasteiger partial charge in [0.05, 0.1) is 6.42 Å². The molecule has 2 heterocycles. The zero-order chi connectivity index (χ0) is 24.0. The van der Waals surface area contributed by atoms with E-state index < -0.39 is 72.2 Å². The summed E-state index contributed by atoms with van der Waals surface area (Å²) < 4.78 is 76.3. The topological polar surface area (TPSA) is 164 Å². The first-order valence-electron chi connectivity index (χ1n) is 8.36. The maximum Gasteiger partial charge on any atom is 0.534 e. The van der Waals surface area contributed by atoms with E-state index in [-0.39, 0.29) is 11.3 Å². The largest absolute Gasteiger partial charge is 0.534 e. The summed E-state index contributed by atoms with van der Waals surface area (Å²) in [6, 6.07) is 6.50. The highest BCUT2D eigenvalue weighted by molar-refractivity contribution is 8.01. The summed E-state index contributed by atoms with van der Waals surface area (Å²) in [5.74, 6) is -6.09. The van der Waals surface area contributed by atoms with Crippen molar-refractivity contribution >= 4 is 43.8 Å². The predicted molar refractivity (Wildman–Crippen MR) is 96.6 cm³/mol. The van der Waals surface area contributed by atoms with E-state index in [2.05, 4.69) is 9.50 Å². The highest BCUT2D eigenvalue weighted by Gasteiger charge is 2.62. The van der Waals surface area contributed by atoms with E-state index in [0.29, 0.717) is 5.56 Å². The van der Waals surface area contributed by atoms with Gasteiger partial charge in [-0.2, -0.15) is 21.6 Å². The molecule has 0 bridgehead atoms. The van der Waals surface area contributed by atoms with Crippen LogP contribution in [-0.4, -0.2) is 62.5 Å². The summed E-state index contributed by atoms with van der Waals surface area (Å²) >= 11 is 0. The average Bonchev–Trinajstić information content (AvgIpc) is 2.69. The fourth-order valence-electron chi connectivity index (χ4n) is 2.90. The van der Waals surface area contributed by atoms with E-state index in [1.54, 1.807) is 30.3 Å². The van der Waals surface area contributed by atoms with Gasteiger partial charge in [0.25, 0.3) is 11.0 Å². The molecule has 16 heteroatoms.